The molecule has 1 aliphatic carbocycles. The fourth-order valence-corrected chi connectivity index (χ4v) is 6.03. The lowest BCUT2D eigenvalue weighted by Gasteiger charge is -2.38. The Bertz CT molecular complexity index is 494. The summed E-state index contributed by atoms with van der Waals surface area (Å²) in [7, 11) is -1.79. The molecule has 2 atom stereocenters. The van der Waals surface area contributed by atoms with Crippen molar-refractivity contribution in [1.29, 1.82) is 0 Å². The van der Waals surface area contributed by atoms with Crippen LogP contribution in [0, 0.1) is 5.92 Å². The van der Waals surface area contributed by atoms with E-state index in [4.69, 9.17) is 4.43 Å². The highest BCUT2D eigenvalue weighted by molar-refractivity contribution is 6.73. The minimum atomic E-state index is -1.79. The fourth-order valence-electron chi connectivity index (χ4n) is 3.22. The molecule has 0 saturated heterocycles. The number of carboxylic acid groups (broad SMARTS) is 1. The summed E-state index contributed by atoms with van der Waals surface area (Å²) in [6.45, 7) is 6.53. The maximum Gasteiger partial charge on any atom is 0.192 e. The van der Waals surface area contributed by atoms with E-state index in [9.17, 15) is 9.90 Å². The van der Waals surface area contributed by atoms with Crippen molar-refractivity contribution in [3.63, 3.8) is 0 Å². The Morgan fingerprint density at radius 3 is 2.62 bits per heavy atom. The maximum absolute atomic E-state index is 11.3. The van der Waals surface area contributed by atoms with Crippen LogP contribution in [0.3, 0.4) is 0 Å². The van der Waals surface area contributed by atoms with Gasteiger partial charge in [0, 0.05) is 18.1 Å². The minimum absolute atomic E-state index is 0.190. The number of fused-ring (bicyclic) bond motifs is 1. The molecule has 0 aromatic carbocycles. The number of hydrogen-bond acceptors (Lipinski definition) is 4. The van der Waals surface area contributed by atoms with E-state index in [0.29, 0.717) is 12.8 Å². The summed E-state index contributed by atoms with van der Waals surface area (Å²) < 4.78 is 6.52. The lowest BCUT2D eigenvalue weighted by Crippen LogP contribution is -2.42. The first kappa shape index (κ1) is 16.2. The zero-order valence-electron chi connectivity index (χ0n) is 13.1. The quantitative estimate of drug-likeness (QED) is 0.757. The van der Waals surface area contributed by atoms with Crippen LogP contribution in [0.4, 0.5) is 0 Å². The van der Waals surface area contributed by atoms with Crippen molar-refractivity contribution in [2.75, 3.05) is 0 Å². The van der Waals surface area contributed by atoms with Gasteiger partial charge in [-0.2, -0.15) is 0 Å². The van der Waals surface area contributed by atoms with Crippen LogP contribution < -0.4 is 5.11 Å². The summed E-state index contributed by atoms with van der Waals surface area (Å²) in [5.74, 6) is -1.45. The summed E-state index contributed by atoms with van der Waals surface area (Å²) in [5.41, 5.74) is 1.93. The largest absolute Gasteiger partial charge is 0.550 e. The van der Waals surface area contributed by atoms with Gasteiger partial charge in [-0.1, -0.05) is 26.8 Å². The van der Waals surface area contributed by atoms with Crippen LogP contribution in [-0.2, 0) is 15.6 Å². The molecule has 0 spiro atoms. The molecule has 2 unspecified atom stereocenters. The average Bonchev–Trinajstić information content (AvgIpc) is 2.52. The highest BCUT2D eigenvalue weighted by Gasteiger charge is 2.37. The molecule has 0 saturated carbocycles. The molecule has 0 fully saturated rings. The van der Waals surface area contributed by atoms with Crippen molar-refractivity contribution in [1.82, 2.24) is 4.98 Å². The summed E-state index contributed by atoms with van der Waals surface area (Å²) in [5, 5.41) is 11.3. The Labute approximate surface area is 127 Å². The van der Waals surface area contributed by atoms with Crippen LogP contribution in [0.2, 0.25) is 18.1 Å². The van der Waals surface area contributed by atoms with E-state index in [1.54, 1.807) is 6.20 Å². The van der Waals surface area contributed by atoms with Crippen molar-refractivity contribution < 1.29 is 14.3 Å². The van der Waals surface area contributed by atoms with Gasteiger partial charge < -0.3 is 14.3 Å². The monoisotopic (exact) mass is 306 g/mol. The molecule has 0 amide bonds. The van der Waals surface area contributed by atoms with E-state index in [1.807, 2.05) is 12.1 Å². The Kier molecular flexibility index (Phi) is 5.16. The van der Waals surface area contributed by atoms with E-state index >= 15 is 0 Å². The fraction of sp³-hybridized carbons (Fsp3) is 0.625. The maximum atomic E-state index is 11.3. The highest BCUT2D eigenvalue weighted by Crippen LogP contribution is 2.38. The summed E-state index contributed by atoms with van der Waals surface area (Å²) in [6.07, 6.45) is 2.57. The second-order valence-electron chi connectivity index (χ2n) is 5.85. The summed E-state index contributed by atoms with van der Waals surface area (Å²) in [4.78, 5) is 15.8. The first-order valence-corrected chi connectivity index (χ1v) is 10.4. The molecule has 0 N–H and O–H groups in total. The molecule has 1 aliphatic rings. The van der Waals surface area contributed by atoms with Gasteiger partial charge in [0.2, 0.25) is 0 Å². The van der Waals surface area contributed by atoms with Gasteiger partial charge in [0.1, 0.15) is 0 Å². The predicted molar refractivity (Wildman–Crippen MR) is 82.1 cm³/mol. The molecule has 0 bridgehead atoms. The van der Waals surface area contributed by atoms with E-state index in [2.05, 4.69) is 25.8 Å². The van der Waals surface area contributed by atoms with Gasteiger partial charge in [0.05, 0.1) is 11.8 Å². The number of rotatable bonds is 6. The Morgan fingerprint density at radius 1 is 1.38 bits per heavy atom. The lowest BCUT2D eigenvalue weighted by atomic mass is 9.85. The Balaban J connectivity index is 2.31. The van der Waals surface area contributed by atoms with Gasteiger partial charge >= 0.3 is 0 Å². The van der Waals surface area contributed by atoms with Gasteiger partial charge in [-0.25, -0.2) is 0 Å². The third-order valence-electron chi connectivity index (χ3n) is 4.85. The van der Waals surface area contributed by atoms with E-state index in [1.165, 1.54) is 0 Å². The molecule has 21 heavy (non-hydrogen) atoms. The molecular weight excluding hydrogens is 282 g/mol. The Morgan fingerprint density at radius 2 is 2.05 bits per heavy atom. The number of aliphatic carboxylic acids is 1. The third kappa shape index (κ3) is 3.35. The molecule has 1 aromatic heterocycles. The number of aromatic nitrogens is 1. The second-order valence-corrected chi connectivity index (χ2v) is 10.6. The summed E-state index contributed by atoms with van der Waals surface area (Å²) >= 11 is 0. The van der Waals surface area contributed by atoms with Crippen molar-refractivity contribution in [3.05, 3.63) is 29.6 Å². The molecule has 0 aliphatic heterocycles. The summed E-state index contributed by atoms with van der Waals surface area (Å²) in [6, 6.07) is 6.97. The van der Waals surface area contributed by atoms with Gasteiger partial charge in [0.25, 0.3) is 0 Å². The number of pyridine rings is 1. The minimum Gasteiger partial charge on any atom is -0.550 e. The lowest BCUT2D eigenvalue weighted by molar-refractivity contribution is -0.312. The van der Waals surface area contributed by atoms with E-state index in [-0.39, 0.29) is 6.10 Å². The number of carbonyl (C=O) groups is 1. The smallest absolute Gasteiger partial charge is 0.192 e. The predicted octanol–water partition coefficient (Wildman–Crippen LogP) is 2.46. The molecule has 1 heterocycles. The van der Waals surface area contributed by atoms with E-state index < -0.39 is 20.2 Å². The first-order chi connectivity index (χ1) is 10.0. The topological polar surface area (TPSA) is 62.2 Å². The van der Waals surface area contributed by atoms with Crippen LogP contribution in [-0.4, -0.2) is 19.3 Å². The SMILES string of the molecule is CC[Si](CC)(CC)OC1CC(C(=O)[O-])Cc2cccnc21. The standard InChI is InChI=1S/C16H25NO3Si/c1-4-21(5-2,6-3)20-14-11-13(16(18)19)10-12-8-7-9-17-15(12)14/h7-9,13-14H,4-6,10-11H2,1-3H3,(H,18,19)/p-1. The second kappa shape index (κ2) is 6.71. The molecule has 116 valence electrons. The van der Waals surface area contributed by atoms with Crippen molar-refractivity contribution in [2.45, 2.75) is 57.8 Å². The first-order valence-electron chi connectivity index (χ1n) is 7.87. The van der Waals surface area contributed by atoms with Crippen LogP contribution in [0.15, 0.2) is 18.3 Å². The van der Waals surface area contributed by atoms with Crippen LogP contribution in [0.25, 0.3) is 0 Å². The molecular formula is C16H24NO3Si-. The number of hydrogen-bond donors (Lipinski definition) is 0. The zero-order valence-corrected chi connectivity index (χ0v) is 14.1. The number of carbonyl (C=O) groups excluding carboxylic acids is 1. The Hall–Kier alpha value is -1.20. The van der Waals surface area contributed by atoms with Crippen LogP contribution in [0.5, 0.6) is 0 Å². The molecule has 2 rings (SSSR count). The van der Waals surface area contributed by atoms with E-state index in [0.717, 1.165) is 29.4 Å². The van der Waals surface area contributed by atoms with Gasteiger partial charge in [-0.05, 0) is 42.6 Å². The van der Waals surface area contributed by atoms with Gasteiger partial charge in [-0.15, -0.1) is 0 Å². The molecule has 5 heteroatoms. The number of nitrogens with zero attached hydrogens (tertiary/aromatic N) is 1. The highest BCUT2D eigenvalue weighted by atomic mass is 28.4. The normalized spacial score (nSPS) is 21.9. The average molecular weight is 306 g/mol. The van der Waals surface area contributed by atoms with Gasteiger partial charge in [-0.3, -0.25) is 4.98 Å². The van der Waals surface area contributed by atoms with Crippen LogP contribution in [0.1, 0.15) is 44.6 Å². The molecule has 1 aromatic rings. The van der Waals surface area contributed by atoms with Crippen molar-refractivity contribution >= 4 is 14.3 Å². The molecule has 0 radical (unpaired) electrons. The van der Waals surface area contributed by atoms with Crippen LogP contribution >= 0.6 is 0 Å². The van der Waals surface area contributed by atoms with Gasteiger partial charge in [0.15, 0.2) is 8.32 Å². The van der Waals surface area contributed by atoms with Crippen molar-refractivity contribution in [3.8, 4) is 0 Å². The van der Waals surface area contributed by atoms with Crippen molar-refractivity contribution in [2.24, 2.45) is 5.92 Å². The third-order valence-corrected chi connectivity index (χ3v) is 9.51. The molecule has 4 nitrogen and oxygen atoms in total. The number of carboxylic acids is 1. The zero-order chi connectivity index (χ0) is 15.5.